The molecule has 4 heterocycles. The van der Waals surface area contributed by atoms with E-state index in [0.29, 0.717) is 29.9 Å². The number of ether oxygens (including phenoxy) is 1. The van der Waals surface area contributed by atoms with Crippen LogP contribution in [0.1, 0.15) is 39.9 Å². The summed E-state index contributed by atoms with van der Waals surface area (Å²) in [5.74, 6) is 7.93. The van der Waals surface area contributed by atoms with E-state index in [1.807, 2.05) is 54.6 Å². The second-order valence-corrected chi connectivity index (χ2v) is 13.9. The molecule has 3 aliphatic heterocycles. The molecule has 0 aliphatic carbocycles. The number of hydrogen-bond donors (Lipinski definition) is 2. The number of aromatic nitrogens is 2. The van der Waals surface area contributed by atoms with Gasteiger partial charge in [-0.15, -0.1) is 0 Å². The van der Waals surface area contributed by atoms with E-state index < -0.39 is 6.03 Å². The molecule has 0 saturated carbocycles. The van der Waals surface area contributed by atoms with Crippen molar-refractivity contribution in [3.63, 3.8) is 0 Å². The number of nitrogens with two attached hydrogens (primary N) is 1. The van der Waals surface area contributed by atoms with Crippen LogP contribution in [0.25, 0.3) is 11.3 Å². The number of rotatable bonds is 9. The number of carbonyl (C=O) groups excluding carboxylic acids is 1. The SMILES string of the molecule is NC(=O)N1CCc2c(c(-c3ccc(Cl)c(C#Cc4ccc(CNCc5ccc(Cl)cc5)cc4)c3)nn2CCCN2C[C@H]3COC[C@H]3C2)C1. The predicted octanol–water partition coefficient (Wildman–Crippen LogP) is 5.95. The van der Waals surface area contributed by atoms with Crippen molar-refractivity contribution in [2.75, 3.05) is 39.4 Å². The van der Waals surface area contributed by atoms with Crippen molar-refractivity contribution in [2.45, 2.75) is 39.0 Å². The molecule has 0 bridgehead atoms. The molecule has 0 unspecified atom stereocenters. The topological polar surface area (TPSA) is 88.7 Å². The molecule has 8 nitrogen and oxygen atoms in total. The van der Waals surface area contributed by atoms with Gasteiger partial charge in [0.05, 0.1) is 30.5 Å². The maximum atomic E-state index is 12.1. The Morgan fingerprint density at radius 2 is 1.65 bits per heavy atom. The van der Waals surface area contributed by atoms with Gasteiger partial charge in [0.15, 0.2) is 0 Å². The van der Waals surface area contributed by atoms with Crippen LogP contribution in [-0.4, -0.2) is 65.0 Å². The summed E-state index contributed by atoms with van der Waals surface area (Å²) in [4.78, 5) is 16.4. The lowest BCUT2D eigenvalue weighted by molar-refractivity contribution is 0.153. The van der Waals surface area contributed by atoms with E-state index in [9.17, 15) is 4.79 Å². The largest absolute Gasteiger partial charge is 0.381 e. The van der Waals surface area contributed by atoms with E-state index in [2.05, 4.69) is 38.9 Å². The zero-order chi connectivity index (χ0) is 33.0. The van der Waals surface area contributed by atoms with Crippen molar-refractivity contribution in [3.8, 4) is 23.1 Å². The Morgan fingerprint density at radius 3 is 2.35 bits per heavy atom. The summed E-state index contributed by atoms with van der Waals surface area (Å²) < 4.78 is 7.80. The Bertz CT molecular complexity index is 1820. The highest BCUT2D eigenvalue weighted by atomic mass is 35.5. The Balaban J connectivity index is 1.04. The van der Waals surface area contributed by atoms with Crippen LogP contribution < -0.4 is 11.1 Å². The van der Waals surface area contributed by atoms with Crippen molar-refractivity contribution in [1.29, 1.82) is 0 Å². The molecule has 3 aliphatic rings. The van der Waals surface area contributed by atoms with Gasteiger partial charge in [0.25, 0.3) is 0 Å². The van der Waals surface area contributed by atoms with Gasteiger partial charge in [0.2, 0.25) is 0 Å². The Kier molecular flexibility index (Phi) is 10.0. The van der Waals surface area contributed by atoms with E-state index in [1.54, 1.807) is 4.90 Å². The molecule has 48 heavy (non-hydrogen) atoms. The fourth-order valence-corrected chi connectivity index (χ4v) is 7.36. The number of amides is 2. The van der Waals surface area contributed by atoms with Crippen LogP contribution in [-0.2, 0) is 37.3 Å². The first-order chi connectivity index (χ1) is 23.4. The first kappa shape index (κ1) is 32.7. The summed E-state index contributed by atoms with van der Waals surface area (Å²) in [7, 11) is 0. The molecule has 10 heteroatoms. The van der Waals surface area contributed by atoms with Crippen LogP contribution >= 0.6 is 23.2 Å². The molecule has 2 fully saturated rings. The van der Waals surface area contributed by atoms with E-state index in [0.717, 1.165) is 98.3 Å². The van der Waals surface area contributed by atoms with Crippen molar-refractivity contribution in [1.82, 2.24) is 24.9 Å². The third-order valence-electron chi connectivity index (χ3n) is 9.71. The molecule has 2 atom stereocenters. The van der Waals surface area contributed by atoms with Crippen LogP contribution in [0.2, 0.25) is 10.0 Å². The van der Waals surface area contributed by atoms with Gasteiger partial charge in [-0.05, 0) is 60.5 Å². The molecule has 3 N–H and O–H groups in total. The zero-order valence-electron chi connectivity index (χ0n) is 26.9. The van der Waals surface area contributed by atoms with Crippen LogP contribution in [0.4, 0.5) is 4.79 Å². The number of carbonyl (C=O) groups is 1. The Labute approximate surface area is 292 Å². The molecule has 2 amide bonds. The standard InChI is InChI=1S/C38H40Cl2N6O2/c39-33-11-7-28(8-12-33)20-42-19-27-4-2-26(3-5-27)6-9-29-18-30(10-13-35(29)40)37-34-23-45(38(41)47)17-14-36(34)46(43-37)16-1-15-44-21-31-24-48-25-32(31)22-44/h2-5,7-8,10-13,18,31-32,42H,1,14-17,19-25H2,(H2,41,47)/t31-,32+. The number of nitrogens with one attached hydrogen (secondary N) is 1. The van der Waals surface area contributed by atoms with Crippen molar-refractivity contribution in [2.24, 2.45) is 17.6 Å². The zero-order valence-corrected chi connectivity index (χ0v) is 28.4. The molecule has 4 aromatic rings. The number of hydrogen-bond acceptors (Lipinski definition) is 5. The molecule has 7 rings (SSSR count). The average Bonchev–Trinajstić information content (AvgIpc) is 3.80. The van der Waals surface area contributed by atoms with Crippen molar-refractivity contribution in [3.05, 3.63) is 110 Å². The summed E-state index contributed by atoms with van der Waals surface area (Å²) in [6.45, 7) is 8.49. The minimum Gasteiger partial charge on any atom is -0.381 e. The highest BCUT2D eigenvalue weighted by molar-refractivity contribution is 6.31. The maximum Gasteiger partial charge on any atom is 0.315 e. The van der Waals surface area contributed by atoms with Crippen LogP contribution in [0.15, 0.2) is 66.7 Å². The van der Waals surface area contributed by atoms with Gasteiger partial charge < -0.3 is 25.6 Å². The van der Waals surface area contributed by atoms with E-state index >= 15 is 0 Å². The Morgan fingerprint density at radius 1 is 0.938 bits per heavy atom. The van der Waals surface area contributed by atoms with E-state index in [1.165, 1.54) is 16.8 Å². The molecule has 2 saturated heterocycles. The Hall–Kier alpha value is -3.84. The molecule has 248 valence electrons. The third-order valence-corrected chi connectivity index (χ3v) is 10.3. The maximum absolute atomic E-state index is 12.1. The lowest BCUT2D eigenvalue weighted by Gasteiger charge is -2.26. The lowest BCUT2D eigenvalue weighted by atomic mass is 9.99. The molecule has 1 aromatic heterocycles. The predicted molar refractivity (Wildman–Crippen MR) is 190 cm³/mol. The number of fused-ring (bicyclic) bond motifs is 2. The number of primary amides is 1. The number of aryl methyl sites for hydroxylation is 1. The monoisotopic (exact) mass is 682 g/mol. The van der Waals surface area contributed by atoms with Crippen molar-refractivity contribution >= 4 is 29.2 Å². The number of halogens is 2. The van der Waals surface area contributed by atoms with Crippen LogP contribution in [0, 0.1) is 23.7 Å². The number of likely N-dealkylation sites (tertiary alicyclic amines) is 1. The van der Waals surface area contributed by atoms with Gasteiger partial charge in [0, 0.05) is 90.5 Å². The summed E-state index contributed by atoms with van der Waals surface area (Å²) in [6.07, 6.45) is 1.74. The van der Waals surface area contributed by atoms with Gasteiger partial charge in [-0.2, -0.15) is 5.10 Å². The van der Waals surface area contributed by atoms with Gasteiger partial charge in [-0.1, -0.05) is 65.4 Å². The summed E-state index contributed by atoms with van der Waals surface area (Å²) in [5.41, 5.74) is 13.7. The second kappa shape index (κ2) is 14.7. The number of nitrogens with zero attached hydrogens (tertiary/aromatic N) is 4. The minimum absolute atomic E-state index is 0.408. The lowest BCUT2D eigenvalue weighted by Crippen LogP contribution is -2.39. The average molecular weight is 684 g/mol. The van der Waals surface area contributed by atoms with Gasteiger partial charge >= 0.3 is 6.03 Å². The molecular weight excluding hydrogens is 643 g/mol. The van der Waals surface area contributed by atoms with Crippen LogP contribution in [0.5, 0.6) is 0 Å². The fraction of sp³-hybridized carbons (Fsp3) is 0.368. The van der Waals surface area contributed by atoms with E-state index in [-0.39, 0.29) is 0 Å². The number of urea groups is 1. The molecule has 3 aromatic carbocycles. The summed E-state index contributed by atoms with van der Waals surface area (Å²) in [5, 5.41) is 9.92. The van der Waals surface area contributed by atoms with Crippen molar-refractivity contribution < 1.29 is 9.53 Å². The van der Waals surface area contributed by atoms with Gasteiger partial charge in [0.1, 0.15) is 0 Å². The molecular formula is C38H40Cl2N6O2. The molecule has 0 spiro atoms. The normalized spacial score (nSPS) is 18.8. The fourth-order valence-electron chi connectivity index (χ4n) is 7.07. The highest BCUT2D eigenvalue weighted by Crippen LogP contribution is 2.33. The minimum atomic E-state index is -0.408. The second-order valence-electron chi connectivity index (χ2n) is 13.0. The summed E-state index contributed by atoms with van der Waals surface area (Å²) in [6, 6.07) is 21.6. The first-order valence-corrected chi connectivity index (χ1v) is 17.4. The molecule has 0 radical (unpaired) electrons. The van der Waals surface area contributed by atoms with E-state index in [4.69, 9.17) is 38.8 Å². The quantitative estimate of drug-likeness (QED) is 0.213. The van der Waals surface area contributed by atoms with Crippen LogP contribution in [0.3, 0.4) is 0 Å². The number of benzene rings is 3. The third kappa shape index (κ3) is 7.57. The summed E-state index contributed by atoms with van der Waals surface area (Å²) >= 11 is 12.6. The van der Waals surface area contributed by atoms with Gasteiger partial charge in [-0.25, -0.2) is 4.79 Å². The first-order valence-electron chi connectivity index (χ1n) is 16.7. The smallest absolute Gasteiger partial charge is 0.315 e. The highest BCUT2D eigenvalue weighted by Gasteiger charge is 2.36. The van der Waals surface area contributed by atoms with Gasteiger partial charge in [-0.3, -0.25) is 4.68 Å².